The Morgan fingerprint density at radius 1 is 1.26 bits per heavy atom. The molecule has 0 saturated carbocycles. The lowest BCUT2D eigenvalue weighted by Crippen LogP contribution is -2.41. The van der Waals surface area contributed by atoms with Gasteiger partial charge in [0.05, 0.1) is 23.1 Å². The van der Waals surface area contributed by atoms with Crippen LogP contribution in [0.25, 0.3) is 0 Å². The van der Waals surface area contributed by atoms with Crippen LogP contribution in [0.1, 0.15) is 19.3 Å². The highest BCUT2D eigenvalue weighted by molar-refractivity contribution is 9.11. The molecule has 2 aliphatic rings. The summed E-state index contributed by atoms with van der Waals surface area (Å²) < 4.78 is 34.6. The van der Waals surface area contributed by atoms with Gasteiger partial charge in [-0.15, -0.1) is 0 Å². The van der Waals surface area contributed by atoms with E-state index in [4.69, 9.17) is 4.74 Å². The van der Waals surface area contributed by atoms with Crippen molar-refractivity contribution in [3.8, 4) is 0 Å². The molecule has 0 aromatic heterocycles. The van der Waals surface area contributed by atoms with E-state index in [-0.39, 0.29) is 23.1 Å². The first kappa shape index (κ1) is 14.0. The average molecular weight is 411 g/mol. The molecule has 0 radical (unpaired) electrons. The zero-order chi connectivity index (χ0) is 13.6. The first-order valence-electron chi connectivity index (χ1n) is 6.08. The molecule has 2 heterocycles. The van der Waals surface area contributed by atoms with Gasteiger partial charge in [-0.1, -0.05) is 15.9 Å². The second-order valence-electron chi connectivity index (χ2n) is 4.91. The fourth-order valence-electron chi connectivity index (χ4n) is 2.72. The zero-order valence-corrected chi connectivity index (χ0v) is 14.0. The van der Waals surface area contributed by atoms with E-state index in [9.17, 15) is 8.42 Å². The number of halogens is 2. The summed E-state index contributed by atoms with van der Waals surface area (Å²) in [6.45, 7) is 0. The molecule has 19 heavy (non-hydrogen) atoms. The van der Waals surface area contributed by atoms with Gasteiger partial charge in [0.25, 0.3) is 0 Å². The van der Waals surface area contributed by atoms with E-state index in [1.165, 1.54) is 0 Å². The van der Waals surface area contributed by atoms with E-state index in [0.717, 1.165) is 23.7 Å². The summed E-state index contributed by atoms with van der Waals surface area (Å²) >= 11 is 6.61. The summed E-state index contributed by atoms with van der Waals surface area (Å²) in [4.78, 5) is 0.262. The van der Waals surface area contributed by atoms with Crippen LogP contribution in [0.2, 0.25) is 0 Å². The van der Waals surface area contributed by atoms with Crippen LogP contribution in [0.3, 0.4) is 0 Å². The molecule has 2 aliphatic heterocycles. The minimum Gasteiger partial charge on any atom is -0.373 e. The van der Waals surface area contributed by atoms with Crippen molar-refractivity contribution >= 4 is 41.9 Å². The molecule has 3 unspecified atom stereocenters. The molecule has 1 N–H and O–H groups in total. The summed E-state index contributed by atoms with van der Waals surface area (Å²) in [6.07, 6.45) is 3.03. The van der Waals surface area contributed by atoms with Gasteiger partial charge in [-0.05, 0) is 53.4 Å². The van der Waals surface area contributed by atoms with Crippen LogP contribution in [-0.2, 0) is 14.8 Å². The lowest BCUT2D eigenvalue weighted by atomic mass is 9.96. The van der Waals surface area contributed by atoms with Crippen molar-refractivity contribution in [1.29, 1.82) is 0 Å². The minimum absolute atomic E-state index is 0.0361. The van der Waals surface area contributed by atoms with Crippen molar-refractivity contribution in [3.63, 3.8) is 0 Å². The van der Waals surface area contributed by atoms with Gasteiger partial charge in [-0.2, -0.15) is 0 Å². The van der Waals surface area contributed by atoms with E-state index in [1.807, 2.05) is 0 Å². The first-order chi connectivity index (χ1) is 8.95. The maximum absolute atomic E-state index is 12.4. The number of fused-ring (bicyclic) bond motifs is 2. The van der Waals surface area contributed by atoms with Gasteiger partial charge in [0.2, 0.25) is 10.0 Å². The molecule has 0 aliphatic carbocycles. The number of rotatable bonds is 3. The standard InChI is InChI=1S/C12H13Br2NO3S/c13-7-1-4-12(9(14)5-7)19(16,17)15-10-6-8-2-3-11(10)18-8/h1,4-5,8,10-11,15H,2-3,6H2. The molecule has 7 heteroatoms. The van der Waals surface area contributed by atoms with Gasteiger partial charge in [0.15, 0.2) is 0 Å². The Labute approximate surface area is 129 Å². The summed E-state index contributed by atoms with van der Waals surface area (Å²) in [6, 6.07) is 4.94. The van der Waals surface area contributed by atoms with Gasteiger partial charge in [-0.25, -0.2) is 13.1 Å². The summed E-state index contributed by atoms with van der Waals surface area (Å²) in [5, 5.41) is 0. The average Bonchev–Trinajstić information content (AvgIpc) is 2.89. The Kier molecular flexibility index (Phi) is 3.77. The van der Waals surface area contributed by atoms with Crippen molar-refractivity contribution in [1.82, 2.24) is 4.72 Å². The van der Waals surface area contributed by atoms with Gasteiger partial charge in [0.1, 0.15) is 0 Å². The van der Waals surface area contributed by atoms with Crippen LogP contribution in [0.5, 0.6) is 0 Å². The van der Waals surface area contributed by atoms with Gasteiger partial charge in [0, 0.05) is 8.95 Å². The fraction of sp³-hybridized carbons (Fsp3) is 0.500. The monoisotopic (exact) mass is 409 g/mol. The molecule has 2 bridgehead atoms. The SMILES string of the molecule is O=S(=O)(NC1CC2CCC1O2)c1ccc(Br)cc1Br. The number of nitrogens with one attached hydrogen (secondary N) is 1. The van der Waals surface area contributed by atoms with E-state index in [0.29, 0.717) is 4.47 Å². The minimum atomic E-state index is -3.51. The Hall–Kier alpha value is 0.0500. The molecule has 3 atom stereocenters. The molecule has 104 valence electrons. The van der Waals surface area contributed by atoms with Crippen LogP contribution in [-0.4, -0.2) is 26.7 Å². The first-order valence-corrected chi connectivity index (χ1v) is 9.15. The summed E-state index contributed by atoms with van der Waals surface area (Å²) in [5.74, 6) is 0. The Bertz CT molecular complexity index is 605. The van der Waals surface area contributed by atoms with E-state index >= 15 is 0 Å². The molecule has 3 rings (SSSR count). The highest BCUT2D eigenvalue weighted by Gasteiger charge is 2.42. The Morgan fingerprint density at radius 2 is 2.05 bits per heavy atom. The number of benzene rings is 1. The topological polar surface area (TPSA) is 55.4 Å². The predicted molar refractivity (Wildman–Crippen MR) is 78.5 cm³/mol. The van der Waals surface area contributed by atoms with Crippen LogP contribution >= 0.6 is 31.9 Å². The van der Waals surface area contributed by atoms with Crippen LogP contribution < -0.4 is 4.72 Å². The summed E-state index contributed by atoms with van der Waals surface area (Å²) in [7, 11) is -3.51. The molecule has 4 nitrogen and oxygen atoms in total. The van der Waals surface area contributed by atoms with Gasteiger partial charge in [-0.3, -0.25) is 0 Å². The van der Waals surface area contributed by atoms with Crippen molar-refractivity contribution in [2.75, 3.05) is 0 Å². The number of ether oxygens (including phenoxy) is 1. The molecule has 2 fully saturated rings. The van der Waals surface area contributed by atoms with Crippen molar-refractivity contribution < 1.29 is 13.2 Å². The van der Waals surface area contributed by atoms with E-state index < -0.39 is 10.0 Å². The van der Waals surface area contributed by atoms with Crippen LogP contribution in [0.4, 0.5) is 0 Å². The van der Waals surface area contributed by atoms with Gasteiger partial charge < -0.3 is 4.74 Å². The van der Waals surface area contributed by atoms with Crippen LogP contribution in [0.15, 0.2) is 32.0 Å². The number of hydrogen-bond acceptors (Lipinski definition) is 3. The number of hydrogen-bond donors (Lipinski definition) is 1. The lowest BCUT2D eigenvalue weighted by molar-refractivity contribution is 0.0996. The highest BCUT2D eigenvalue weighted by Crippen LogP contribution is 2.35. The third-order valence-corrected chi connectivity index (χ3v) is 6.56. The van der Waals surface area contributed by atoms with Crippen molar-refractivity contribution in [2.24, 2.45) is 0 Å². The largest absolute Gasteiger partial charge is 0.373 e. The maximum atomic E-state index is 12.4. The zero-order valence-electron chi connectivity index (χ0n) is 9.97. The Morgan fingerprint density at radius 3 is 2.63 bits per heavy atom. The molecule has 2 saturated heterocycles. The molecule has 1 aromatic carbocycles. The molecule has 0 amide bonds. The quantitative estimate of drug-likeness (QED) is 0.833. The molecule has 1 aromatic rings. The third-order valence-electron chi connectivity index (χ3n) is 3.60. The molecular weight excluding hydrogens is 398 g/mol. The number of sulfonamides is 1. The summed E-state index contributed by atoms with van der Waals surface area (Å²) in [5.41, 5.74) is 0. The van der Waals surface area contributed by atoms with Gasteiger partial charge >= 0.3 is 0 Å². The predicted octanol–water partition coefficient (Wildman–Crippen LogP) is 2.81. The van der Waals surface area contributed by atoms with Crippen molar-refractivity contribution in [3.05, 3.63) is 27.1 Å². The van der Waals surface area contributed by atoms with E-state index in [2.05, 4.69) is 36.6 Å². The Balaban J connectivity index is 1.83. The smallest absolute Gasteiger partial charge is 0.242 e. The highest BCUT2D eigenvalue weighted by atomic mass is 79.9. The maximum Gasteiger partial charge on any atom is 0.242 e. The molecular formula is C12H13Br2NO3S. The second-order valence-corrected chi connectivity index (χ2v) is 8.36. The van der Waals surface area contributed by atoms with E-state index in [1.54, 1.807) is 18.2 Å². The van der Waals surface area contributed by atoms with Crippen LogP contribution in [0, 0.1) is 0 Å². The normalized spacial score (nSPS) is 29.9. The molecule has 0 spiro atoms. The van der Waals surface area contributed by atoms with Crippen molar-refractivity contribution in [2.45, 2.75) is 42.4 Å². The fourth-order valence-corrected chi connectivity index (χ4v) is 5.74. The second kappa shape index (κ2) is 5.11. The third kappa shape index (κ3) is 2.76. The lowest BCUT2D eigenvalue weighted by Gasteiger charge is -2.20.